The molecular formula is C22H25N3O2S. The van der Waals surface area contributed by atoms with Crippen LogP contribution in [-0.2, 0) is 4.79 Å². The molecule has 2 aromatic carbocycles. The number of nitrogens with one attached hydrogen (secondary N) is 1. The molecule has 5 nitrogen and oxygen atoms in total. The lowest BCUT2D eigenvalue weighted by Crippen LogP contribution is -2.28. The third-order valence-electron chi connectivity index (χ3n) is 4.38. The summed E-state index contributed by atoms with van der Waals surface area (Å²) in [7, 11) is 0. The van der Waals surface area contributed by atoms with Gasteiger partial charge in [0.15, 0.2) is 5.16 Å². The molecule has 1 N–H and O–H groups in total. The predicted octanol–water partition coefficient (Wildman–Crippen LogP) is 4.55. The fraction of sp³-hybridized carbons (Fsp3) is 0.273. The third kappa shape index (κ3) is 4.95. The lowest BCUT2D eigenvalue weighted by Gasteiger charge is -2.15. The Morgan fingerprint density at radius 3 is 2.68 bits per heavy atom. The number of aromatic nitrogens is 2. The summed E-state index contributed by atoms with van der Waals surface area (Å²) >= 11 is 1.43. The number of rotatable bonds is 8. The Labute approximate surface area is 170 Å². The highest BCUT2D eigenvalue weighted by Crippen LogP contribution is 2.23. The average Bonchev–Trinajstić information content (AvgIpc) is 3.16. The van der Waals surface area contributed by atoms with Crippen molar-refractivity contribution >= 4 is 17.7 Å². The first-order chi connectivity index (χ1) is 13.6. The molecule has 0 radical (unpaired) electrons. The van der Waals surface area contributed by atoms with Crippen molar-refractivity contribution in [1.82, 2.24) is 14.9 Å². The molecule has 146 valence electrons. The van der Waals surface area contributed by atoms with Gasteiger partial charge in [-0.05, 0) is 50.1 Å². The van der Waals surface area contributed by atoms with E-state index < -0.39 is 0 Å². The Hall–Kier alpha value is -2.73. The normalized spacial score (nSPS) is 11.8. The molecule has 0 saturated carbocycles. The number of carbonyl (C=O) groups is 1. The fourth-order valence-electron chi connectivity index (χ4n) is 2.93. The summed E-state index contributed by atoms with van der Waals surface area (Å²) in [6, 6.07) is 15.9. The van der Waals surface area contributed by atoms with Gasteiger partial charge in [0.25, 0.3) is 0 Å². The Balaban J connectivity index is 1.58. The second-order valence-corrected chi connectivity index (χ2v) is 7.39. The number of imidazole rings is 1. The van der Waals surface area contributed by atoms with Crippen LogP contribution < -0.4 is 10.1 Å². The van der Waals surface area contributed by atoms with Crippen LogP contribution in [0.5, 0.6) is 5.75 Å². The quantitative estimate of drug-likeness (QED) is 0.569. The van der Waals surface area contributed by atoms with Crippen molar-refractivity contribution in [2.75, 3.05) is 12.4 Å². The minimum absolute atomic E-state index is 0.0225. The monoisotopic (exact) mass is 395 g/mol. The van der Waals surface area contributed by atoms with E-state index in [4.69, 9.17) is 4.74 Å². The first-order valence-electron chi connectivity index (χ1n) is 9.32. The summed E-state index contributed by atoms with van der Waals surface area (Å²) in [5, 5.41) is 3.85. The fourth-order valence-corrected chi connectivity index (χ4v) is 3.71. The van der Waals surface area contributed by atoms with Crippen molar-refractivity contribution in [1.29, 1.82) is 0 Å². The number of carbonyl (C=O) groups excluding carboxylic acids is 1. The largest absolute Gasteiger partial charge is 0.494 e. The topological polar surface area (TPSA) is 56.1 Å². The minimum Gasteiger partial charge on any atom is -0.494 e. The summed E-state index contributed by atoms with van der Waals surface area (Å²) in [6.45, 7) is 6.64. The zero-order valence-corrected chi connectivity index (χ0v) is 17.2. The van der Waals surface area contributed by atoms with Gasteiger partial charge < -0.3 is 10.1 Å². The van der Waals surface area contributed by atoms with Crippen LogP contribution in [0.25, 0.3) is 5.69 Å². The highest BCUT2D eigenvalue weighted by Gasteiger charge is 2.13. The maximum absolute atomic E-state index is 12.4. The van der Waals surface area contributed by atoms with E-state index in [-0.39, 0.29) is 11.9 Å². The number of para-hydroxylation sites is 1. The number of hydrogen-bond acceptors (Lipinski definition) is 4. The van der Waals surface area contributed by atoms with Crippen LogP contribution in [0.4, 0.5) is 0 Å². The summed E-state index contributed by atoms with van der Waals surface area (Å²) < 4.78 is 7.47. The molecule has 0 aliphatic heterocycles. The highest BCUT2D eigenvalue weighted by atomic mass is 32.2. The summed E-state index contributed by atoms with van der Waals surface area (Å²) in [5.74, 6) is 1.12. The number of ether oxygens (including phenoxy) is 1. The Kier molecular flexibility index (Phi) is 6.76. The van der Waals surface area contributed by atoms with Crippen LogP contribution >= 0.6 is 11.8 Å². The van der Waals surface area contributed by atoms with E-state index in [0.717, 1.165) is 27.7 Å². The van der Waals surface area contributed by atoms with Crippen LogP contribution in [0.2, 0.25) is 0 Å². The van der Waals surface area contributed by atoms with Crippen molar-refractivity contribution in [2.24, 2.45) is 0 Å². The van der Waals surface area contributed by atoms with Crippen molar-refractivity contribution in [3.63, 3.8) is 0 Å². The zero-order chi connectivity index (χ0) is 19.9. The lowest BCUT2D eigenvalue weighted by molar-refractivity contribution is -0.119. The van der Waals surface area contributed by atoms with Crippen LogP contribution in [0.3, 0.4) is 0 Å². The molecule has 1 unspecified atom stereocenters. The number of hydrogen-bond donors (Lipinski definition) is 1. The first kappa shape index (κ1) is 20.0. The molecular weight excluding hydrogens is 370 g/mol. The van der Waals surface area contributed by atoms with Gasteiger partial charge in [0.2, 0.25) is 5.91 Å². The lowest BCUT2D eigenvalue weighted by atomic mass is 10.1. The molecule has 0 aliphatic carbocycles. The number of thioether (sulfide) groups is 1. The summed E-state index contributed by atoms with van der Waals surface area (Å²) in [5.41, 5.74) is 3.28. The molecule has 0 bridgehead atoms. The molecule has 1 heterocycles. The van der Waals surface area contributed by atoms with Crippen LogP contribution in [0.1, 0.15) is 31.0 Å². The summed E-state index contributed by atoms with van der Waals surface area (Å²) in [6.07, 6.45) is 3.68. The van der Waals surface area contributed by atoms with Gasteiger partial charge in [-0.2, -0.15) is 0 Å². The van der Waals surface area contributed by atoms with Crippen LogP contribution in [0.15, 0.2) is 66.1 Å². The van der Waals surface area contributed by atoms with Crippen LogP contribution in [-0.4, -0.2) is 27.8 Å². The minimum atomic E-state index is -0.0695. The van der Waals surface area contributed by atoms with Gasteiger partial charge >= 0.3 is 0 Å². The van der Waals surface area contributed by atoms with Crippen molar-refractivity contribution in [3.05, 3.63) is 72.1 Å². The van der Waals surface area contributed by atoms with Gasteiger partial charge in [-0.15, -0.1) is 0 Å². The molecule has 6 heteroatoms. The molecule has 0 aliphatic rings. The molecule has 1 aromatic heterocycles. The maximum atomic E-state index is 12.4. The molecule has 28 heavy (non-hydrogen) atoms. The molecule has 1 amide bonds. The van der Waals surface area contributed by atoms with Gasteiger partial charge in [-0.25, -0.2) is 4.98 Å². The van der Waals surface area contributed by atoms with Crippen molar-refractivity contribution < 1.29 is 9.53 Å². The smallest absolute Gasteiger partial charge is 0.230 e. The molecule has 3 rings (SSSR count). The van der Waals surface area contributed by atoms with Gasteiger partial charge in [0.1, 0.15) is 5.75 Å². The predicted molar refractivity (Wildman–Crippen MR) is 113 cm³/mol. The van der Waals surface area contributed by atoms with E-state index in [1.807, 2.05) is 61.0 Å². The Morgan fingerprint density at radius 1 is 1.21 bits per heavy atom. The van der Waals surface area contributed by atoms with E-state index in [0.29, 0.717) is 12.4 Å². The molecule has 0 saturated heterocycles. The van der Waals surface area contributed by atoms with Crippen molar-refractivity contribution in [3.8, 4) is 11.4 Å². The Bertz CT molecular complexity index is 922. The van der Waals surface area contributed by atoms with E-state index in [2.05, 4.69) is 29.4 Å². The van der Waals surface area contributed by atoms with E-state index in [9.17, 15) is 4.79 Å². The van der Waals surface area contributed by atoms with E-state index >= 15 is 0 Å². The van der Waals surface area contributed by atoms with Crippen molar-refractivity contribution in [2.45, 2.75) is 32.0 Å². The standard InChI is InChI=1S/C22H25N3O2S/c1-4-27-19-11-9-18(10-12-19)17(3)24-21(26)15-28-22-23-13-14-25(22)20-8-6-5-7-16(20)2/h5-14,17H,4,15H2,1-3H3,(H,24,26). The van der Waals surface area contributed by atoms with Gasteiger partial charge in [0, 0.05) is 12.4 Å². The number of aryl methyl sites for hydroxylation is 1. The van der Waals surface area contributed by atoms with E-state index in [1.165, 1.54) is 11.8 Å². The third-order valence-corrected chi connectivity index (χ3v) is 5.35. The van der Waals surface area contributed by atoms with E-state index in [1.54, 1.807) is 6.20 Å². The van der Waals surface area contributed by atoms with Crippen LogP contribution in [0, 0.1) is 6.92 Å². The Morgan fingerprint density at radius 2 is 1.96 bits per heavy atom. The number of benzene rings is 2. The highest BCUT2D eigenvalue weighted by molar-refractivity contribution is 7.99. The first-order valence-corrected chi connectivity index (χ1v) is 10.3. The number of nitrogens with zero attached hydrogens (tertiary/aromatic N) is 2. The SMILES string of the molecule is CCOc1ccc(C(C)NC(=O)CSc2nccn2-c2ccccc2C)cc1. The number of amides is 1. The van der Waals surface area contributed by atoms with Gasteiger partial charge in [-0.3, -0.25) is 9.36 Å². The molecule has 1 atom stereocenters. The molecule has 3 aromatic rings. The molecule has 0 fully saturated rings. The van der Waals surface area contributed by atoms with Gasteiger partial charge in [0.05, 0.1) is 24.1 Å². The van der Waals surface area contributed by atoms with Gasteiger partial charge in [-0.1, -0.05) is 42.1 Å². The molecule has 0 spiro atoms. The summed E-state index contributed by atoms with van der Waals surface area (Å²) in [4.78, 5) is 16.8. The second kappa shape index (κ2) is 9.46. The zero-order valence-electron chi connectivity index (χ0n) is 16.4. The maximum Gasteiger partial charge on any atom is 0.230 e. The average molecular weight is 396 g/mol. The second-order valence-electron chi connectivity index (χ2n) is 6.45.